The van der Waals surface area contributed by atoms with Gasteiger partial charge in [0.25, 0.3) is 5.69 Å². The van der Waals surface area contributed by atoms with Crippen molar-refractivity contribution in [3.05, 3.63) is 56.5 Å². The van der Waals surface area contributed by atoms with Gasteiger partial charge in [0.2, 0.25) is 5.91 Å². The Bertz CT molecular complexity index is 549. The molecule has 19 heavy (non-hydrogen) atoms. The van der Waals surface area contributed by atoms with Crippen LogP contribution in [0.15, 0.2) is 35.5 Å². The minimum absolute atomic E-state index is 0.0362. The molecule has 1 amide bonds. The summed E-state index contributed by atoms with van der Waals surface area (Å²) in [4.78, 5) is 23.9. The molecule has 0 heterocycles. The molecule has 0 aromatic heterocycles. The van der Waals surface area contributed by atoms with E-state index in [0.29, 0.717) is 5.56 Å². The minimum Gasteiger partial charge on any atom is -0.352 e. The maximum Gasteiger partial charge on any atom is 0.270 e. The van der Waals surface area contributed by atoms with Crippen LogP contribution < -0.4 is 5.32 Å². The van der Waals surface area contributed by atoms with E-state index in [2.05, 4.69) is 15.3 Å². The summed E-state index contributed by atoms with van der Waals surface area (Å²) in [6, 6.07) is 5.93. The van der Waals surface area contributed by atoms with Crippen molar-refractivity contribution in [2.45, 2.75) is 0 Å². The average molecular weight is 261 g/mol. The van der Waals surface area contributed by atoms with E-state index in [1.807, 2.05) is 0 Å². The van der Waals surface area contributed by atoms with Gasteiger partial charge in [0.15, 0.2) is 0 Å². The van der Waals surface area contributed by atoms with Crippen molar-refractivity contribution in [1.82, 2.24) is 5.32 Å². The van der Waals surface area contributed by atoms with Crippen LogP contribution in [0, 0.1) is 10.1 Å². The molecule has 0 atom stereocenters. The number of non-ortho nitro benzene ring substituents is 1. The zero-order valence-electron chi connectivity index (χ0n) is 9.89. The number of nitro benzene ring substituents is 1. The number of amides is 1. The fourth-order valence-corrected chi connectivity index (χ4v) is 1.25. The van der Waals surface area contributed by atoms with Crippen molar-refractivity contribution in [2.75, 3.05) is 13.1 Å². The molecule has 98 valence electrons. The molecule has 0 radical (unpaired) electrons. The molecule has 0 saturated heterocycles. The molecule has 1 rings (SSSR count). The number of hydrogen-bond acceptors (Lipinski definition) is 4. The highest BCUT2D eigenvalue weighted by atomic mass is 16.6. The standard InChI is InChI=1S/C11H11N5O3/c12-15-14-7-6-13-11(17)5-4-9-2-1-3-10(8-9)16(18)19/h1-5,8H,6-7H2,(H,13,17). The fraction of sp³-hybridized carbons (Fsp3) is 0.182. The van der Waals surface area contributed by atoms with Crippen molar-refractivity contribution in [3.63, 3.8) is 0 Å². The Morgan fingerprint density at radius 1 is 1.58 bits per heavy atom. The van der Waals surface area contributed by atoms with Crippen LogP contribution in [0.5, 0.6) is 0 Å². The van der Waals surface area contributed by atoms with Gasteiger partial charge in [-0.25, -0.2) is 0 Å². The van der Waals surface area contributed by atoms with Gasteiger partial charge in [0, 0.05) is 36.2 Å². The second-order valence-electron chi connectivity index (χ2n) is 3.43. The molecule has 0 aliphatic heterocycles. The predicted octanol–water partition coefficient (Wildman–Crippen LogP) is 2.03. The normalized spacial score (nSPS) is 9.89. The molecule has 0 aliphatic rings. The molecule has 8 heteroatoms. The molecule has 0 spiro atoms. The summed E-state index contributed by atoms with van der Waals surface area (Å²) in [5, 5.41) is 16.3. The second kappa shape index (κ2) is 7.46. The van der Waals surface area contributed by atoms with Gasteiger partial charge in [0.05, 0.1) is 4.92 Å². The van der Waals surface area contributed by atoms with Gasteiger partial charge in [-0.3, -0.25) is 14.9 Å². The third-order valence-corrected chi connectivity index (χ3v) is 2.08. The molecule has 1 aromatic carbocycles. The predicted molar refractivity (Wildman–Crippen MR) is 69.2 cm³/mol. The first kappa shape index (κ1) is 14.2. The smallest absolute Gasteiger partial charge is 0.270 e. The molecule has 1 N–H and O–H groups in total. The van der Waals surface area contributed by atoms with E-state index in [1.165, 1.54) is 30.4 Å². The SMILES string of the molecule is [N-]=[N+]=NCCNC(=O)C=Cc1cccc([N+](=O)[O-])c1. The van der Waals surface area contributed by atoms with Crippen LogP contribution in [0.1, 0.15) is 5.56 Å². The number of benzene rings is 1. The lowest BCUT2D eigenvalue weighted by molar-refractivity contribution is -0.384. The van der Waals surface area contributed by atoms with E-state index in [1.54, 1.807) is 6.07 Å². The third-order valence-electron chi connectivity index (χ3n) is 2.08. The van der Waals surface area contributed by atoms with Crippen molar-refractivity contribution in [3.8, 4) is 0 Å². The number of nitrogens with one attached hydrogen (secondary N) is 1. The first-order valence-electron chi connectivity index (χ1n) is 5.34. The lowest BCUT2D eigenvalue weighted by Crippen LogP contribution is -2.23. The van der Waals surface area contributed by atoms with E-state index in [4.69, 9.17) is 5.53 Å². The highest BCUT2D eigenvalue weighted by Gasteiger charge is 2.03. The van der Waals surface area contributed by atoms with Crippen LogP contribution in [-0.2, 0) is 4.79 Å². The molecule has 0 fully saturated rings. The summed E-state index contributed by atoms with van der Waals surface area (Å²) in [5.74, 6) is -0.361. The molecule has 0 aliphatic carbocycles. The van der Waals surface area contributed by atoms with Crippen molar-refractivity contribution >= 4 is 17.7 Å². The second-order valence-corrected chi connectivity index (χ2v) is 3.43. The van der Waals surface area contributed by atoms with E-state index >= 15 is 0 Å². The summed E-state index contributed by atoms with van der Waals surface area (Å²) in [5.41, 5.74) is 8.55. The van der Waals surface area contributed by atoms with E-state index < -0.39 is 4.92 Å². The zero-order chi connectivity index (χ0) is 14.1. The summed E-state index contributed by atoms with van der Waals surface area (Å²) >= 11 is 0. The van der Waals surface area contributed by atoms with E-state index in [-0.39, 0.29) is 24.7 Å². The van der Waals surface area contributed by atoms with Gasteiger partial charge in [-0.1, -0.05) is 17.2 Å². The van der Waals surface area contributed by atoms with Crippen molar-refractivity contribution in [2.24, 2.45) is 5.11 Å². The lowest BCUT2D eigenvalue weighted by Gasteiger charge is -1.97. The molecule has 0 unspecified atom stereocenters. The Hall–Kier alpha value is -2.86. The first-order chi connectivity index (χ1) is 9.13. The van der Waals surface area contributed by atoms with Gasteiger partial charge < -0.3 is 5.32 Å². The van der Waals surface area contributed by atoms with Crippen LogP contribution in [0.4, 0.5) is 5.69 Å². The minimum atomic E-state index is -0.503. The quantitative estimate of drug-likeness (QED) is 0.160. The Balaban J connectivity index is 2.56. The Morgan fingerprint density at radius 2 is 2.37 bits per heavy atom. The molecule has 8 nitrogen and oxygen atoms in total. The number of nitro groups is 1. The Morgan fingerprint density at radius 3 is 3.05 bits per heavy atom. The number of hydrogen-bond donors (Lipinski definition) is 1. The largest absolute Gasteiger partial charge is 0.352 e. The monoisotopic (exact) mass is 261 g/mol. The van der Waals surface area contributed by atoms with Gasteiger partial charge in [-0.05, 0) is 17.2 Å². The van der Waals surface area contributed by atoms with E-state index in [0.717, 1.165) is 0 Å². The highest BCUT2D eigenvalue weighted by Crippen LogP contribution is 2.13. The fourth-order valence-electron chi connectivity index (χ4n) is 1.25. The van der Waals surface area contributed by atoms with Gasteiger partial charge in [0.1, 0.15) is 0 Å². The highest BCUT2D eigenvalue weighted by molar-refractivity contribution is 5.91. The number of azide groups is 1. The molecule has 0 saturated carbocycles. The molecule has 0 bridgehead atoms. The third kappa shape index (κ3) is 5.33. The number of rotatable bonds is 6. The lowest BCUT2D eigenvalue weighted by atomic mass is 10.2. The molecular formula is C11H11N5O3. The van der Waals surface area contributed by atoms with Crippen molar-refractivity contribution in [1.29, 1.82) is 0 Å². The maximum atomic E-state index is 11.3. The topological polar surface area (TPSA) is 121 Å². The van der Waals surface area contributed by atoms with Gasteiger partial charge in [-0.2, -0.15) is 0 Å². The van der Waals surface area contributed by atoms with Gasteiger partial charge in [-0.15, -0.1) is 0 Å². The summed E-state index contributed by atoms with van der Waals surface area (Å²) < 4.78 is 0. The zero-order valence-corrected chi connectivity index (χ0v) is 9.89. The molecular weight excluding hydrogens is 250 g/mol. The van der Waals surface area contributed by atoms with Crippen LogP contribution >= 0.6 is 0 Å². The van der Waals surface area contributed by atoms with Crippen LogP contribution in [0.25, 0.3) is 16.5 Å². The van der Waals surface area contributed by atoms with Crippen molar-refractivity contribution < 1.29 is 9.72 Å². The summed E-state index contributed by atoms with van der Waals surface area (Å²) in [6.07, 6.45) is 2.73. The number of carbonyl (C=O) groups is 1. The summed E-state index contributed by atoms with van der Waals surface area (Å²) in [7, 11) is 0. The van der Waals surface area contributed by atoms with Crippen LogP contribution in [0.2, 0.25) is 0 Å². The number of nitrogens with zero attached hydrogens (tertiary/aromatic N) is 4. The average Bonchev–Trinajstić information content (AvgIpc) is 2.41. The van der Waals surface area contributed by atoms with Crippen LogP contribution in [0.3, 0.4) is 0 Å². The Labute approximate surface area is 108 Å². The van der Waals surface area contributed by atoms with Gasteiger partial charge >= 0.3 is 0 Å². The van der Waals surface area contributed by atoms with Crippen LogP contribution in [-0.4, -0.2) is 23.9 Å². The number of carbonyl (C=O) groups excluding carboxylic acids is 1. The molecule has 1 aromatic rings. The van der Waals surface area contributed by atoms with E-state index in [9.17, 15) is 14.9 Å². The summed E-state index contributed by atoms with van der Waals surface area (Å²) in [6.45, 7) is 0.412. The Kier molecular flexibility index (Phi) is 5.58. The first-order valence-corrected chi connectivity index (χ1v) is 5.34. The maximum absolute atomic E-state index is 11.3.